The van der Waals surface area contributed by atoms with Crippen LogP contribution in [0.25, 0.3) is 0 Å². The van der Waals surface area contributed by atoms with Crippen LogP contribution in [0, 0.1) is 0 Å². The monoisotopic (exact) mass is 237 g/mol. The van der Waals surface area contributed by atoms with Crippen LogP contribution in [0.4, 0.5) is 0 Å². The Morgan fingerprint density at radius 3 is 2.82 bits per heavy atom. The van der Waals surface area contributed by atoms with E-state index in [2.05, 4.69) is 27.5 Å². The Morgan fingerprint density at radius 2 is 2.06 bits per heavy atom. The van der Waals surface area contributed by atoms with E-state index in [9.17, 15) is 0 Å². The van der Waals surface area contributed by atoms with Gasteiger partial charge in [-0.3, -0.25) is 4.68 Å². The first-order valence-electron chi connectivity index (χ1n) is 6.70. The second kappa shape index (κ2) is 6.71. The Morgan fingerprint density at radius 1 is 1.24 bits per heavy atom. The summed E-state index contributed by atoms with van der Waals surface area (Å²) in [5.41, 5.74) is 1.03. The molecule has 1 aromatic heterocycles. The van der Waals surface area contributed by atoms with Crippen LogP contribution in [-0.2, 0) is 13.1 Å². The largest absolute Gasteiger partial charge is 0.311 e. The Labute approximate surface area is 103 Å². The summed E-state index contributed by atoms with van der Waals surface area (Å²) >= 11 is 0. The van der Waals surface area contributed by atoms with Crippen molar-refractivity contribution in [3.63, 3.8) is 0 Å². The molecule has 96 valence electrons. The molecule has 1 saturated heterocycles. The lowest BCUT2D eigenvalue weighted by Crippen LogP contribution is -2.32. The molecule has 0 atom stereocenters. The van der Waals surface area contributed by atoms with E-state index in [1.807, 2.05) is 10.9 Å². The number of nitrogens with one attached hydrogen (secondary N) is 1. The first-order chi connectivity index (χ1) is 8.38. The van der Waals surface area contributed by atoms with Crippen LogP contribution in [0.5, 0.6) is 0 Å². The van der Waals surface area contributed by atoms with Crippen molar-refractivity contribution in [2.24, 2.45) is 0 Å². The van der Waals surface area contributed by atoms with Gasteiger partial charge in [0.05, 0.1) is 12.2 Å². The fourth-order valence-corrected chi connectivity index (χ4v) is 2.21. The van der Waals surface area contributed by atoms with Gasteiger partial charge in [0.1, 0.15) is 0 Å². The van der Waals surface area contributed by atoms with E-state index in [0.717, 1.165) is 31.9 Å². The zero-order valence-corrected chi connectivity index (χ0v) is 10.7. The number of likely N-dealkylation sites (tertiary alicyclic amines) is 1. The second-order valence-corrected chi connectivity index (χ2v) is 4.66. The highest BCUT2D eigenvalue weighted by Gasteiger charge is 2.09. The predicted octanol–water partition coefficient (Wildman–Crippen LogP) is 0.873. The van der Waals surface area contributed by atoms with Crippen molar-refractivity contribution in [1.82, 2.24) is 25.2 Å². The van der Waals surface area contributed by atoms with Gasteiger partial charge in [-0.25, -0.2) is 0 Å². The van der Waals surface area contributed by atoms with E-state index < -0.39 is 0 Å². The van der Waals surface area contributed by atoms with E-state index in [-0.39, 0.29) is 0 Å². The first-order valence-corrected chi connectivity index (χ1v) is 6.70. The molecule has 0 radical (unpaired) electrons. The van der Waals surface area contributed by atoms with E-state index in [1.165, 1.54) is 32.4 Å². The first kappa shape index (κ1) is 12.5. The molecule has 1 fully saturated rings. The predicted molar refractivity (Wildman–Crippen MR) is 67.7 cm³/mol. The minimum absolute atomic E-state index is 0.820. The maximum atomic E-state index is 4.15. The van der Waals surface area contributed by atoms with Gasteiger partial charge in [-0.1, -0.05) is 18.6 Å². The van der Waals surface area contributed by atoms with E-state index >= 15 is 0 Å². The zero-order chi connectivity index (χ0) is 11.9. The number of aromatic nitrogens is 3. The van der Waals surface area contributed by atoms with Crippen molar-refractivity contribution in [1.29, 1.82) is 0 Å². The van der Waals surface area contributed by atoms with Crippen molar-refractivity contribution in [3.8, 4) is 0 Å². The molecular formula is C12H23N5. The lowest BCUT2D eigenvalue weighted by Gasteiger charge is -2.25. The minimum atomic E-state index is 0.820. The molecule has 0 bridgehead atoms. The maximum absolute atomic E-state index is 4.15. The summed E-state index contributed by atoms with van der Waals surface area (Å²) in [4.78, 5) is 2.52. The molecule has 2 heterocycles. The van der Waals surface area contributed by atoms with Gasteiger partial charge in [0.15, 0.2) is 0 Å². The van der Waals surface area contributed by atoms with Crippen LogP contribution < -0.4 is 5.32 Å². The van der Waals surface area contributed by atoms with Crippen LogP contribution in [-0.4, -0.2) is 46.1 Å². The SMILES string of the molecule is CCNCc1cn(CCN2CCCCC2)nn1. The van der Waals surface area contributed by atoms with Crippen LogP contribution in [0.3, 0.4) is 0 Å². The molecule has 5 nitrogen and oxygen atoms in total. The second-order valence-electron chi connectivity index (χ2n) is 4.66. The maximum Gasteiger partial charge on any atom is 0.0964 e. The summed E-state index contributed by atoms with van der Waals surface area (Å²) in [6.45, 7) is 8.45. The molecule has 0 amide bonds. The van der Waals surface area contributed by atoms with Crippen LogP contribution >= 0.6 is 0 Å². The number of hydrogen-bond donors (Lipinski definition) is 1. The fraction of sp³-hybridized carbons (Fsp3) is 0.833. The molecular weight excluding hydrogens is 214 g/mol. The zero-order valence-electron chi connectivity index (χ0n) is 10.7. The van der Waals surface area contributed by atoms with Gasteiger partial charge in [0, 0.05) is 19.3 Å². The van der Waals surface area contributed by atoms with E-state index in [4.69, 9.17) is 0 Å². The van der Waals surface area contributed by atoms with Crippen LogP contribution in [0.1, 0.15) is 31.9 Å². The van der Waals surface area contributed by atoms with Gasteiger partial charge in [-0.2, -0.15) is 0 Å². The van der Waals surface area contributed by atoms with Gasteiger partial charge >= 0.3 is 0 Å². The lowest BCUT2D eigenvalue weighted by molar-refractivity contribution is 0.217. The van der Waals surface area contributed by atoms with E-state index in [0.29, 0.717) is 0 Å². The molecule has 0 unspecified atom stereocenters. The van der Waals surface area contributed by atoms with Crippen molar-refractivity contribution in [2.45, 2.75) is 39.3 Å². The summed E-state index contributed by atoms with van der Waals surface area (Å²) in [6, 6.07) is 0. The lowest BCUT2D eigenvalue weighted by atomic mass is 10.1. The average Bonchev–Trinajstić information content (AvgIpc) is 2.83. The topological polar surface area (TPSA) is 46.0 Å². The Kier molecular flexibility index (Phi) is 4.94. The Hall–Kier alpha value is -0.940. The van der Waals surface area contributed by atoms with Gasteiger partial charge in [-0.15, -0.1) is 5.10 Å². The normalized spacial score (nSPS) is 17.5. The van der Waals surface area contributed by atoms with Crippen molar-refractivity contribution in [3.05, 3.63) is 11.9 Å². The fourth-order valence-electron chi connectivity index (χ4n) is 2.21. The van der Waals surface area contributed by atoms with Crippen molar-refractivity contribution >= 4 is 0 Å². The standard InChI is InChI=1S/C12H23N5/c1-2-13-10-12-11-17(15-14-12)9-8-16-6-4-3-5-7-16/h11,13H,2-10H2,1H3. The van der Waals surface area contributed by atoms with Gasteiger partial charge in [0.2, 0.25) is 0 Å². The number of nitrogens with zero attached hydrogens (tertiary/aromatic N) is 4. The van der Waals surface area contributed by atoms with Crippen molar-refractivity contribution < 1.29 is 0 Å². The number of rotatable bonds is 6. The molecule has 5 heteroatoms. The minimum Gasteiger partial charge on any atom is -0.311 e. The number of piperidine rings is 1. The summed E-state index contributed by atoms with van der Waals surface area (Å²) in [5, 5.41) is 11.6. The molecule has 1 aliphatic rings. The highest BCUT2D eigenvalue weighted by atomic mass is 15.4. The Bertz CT molecular complexity index is 316. The molecule has 0 saturated carbocycles. The van der Waals surface area contributed by atoms with E-state index in [1.54, 1.807) is 0 Å². The average molecular weight is 237 g/mol. The summed E-state index contributed by atoms with van der Waals surface area (Å²) in [6.07, 6.45) is 6.14. The van der Waals surface area contributed by atoms with Gasteiger partial charge < -0.3 is 10.2 Å². The van der Waals surface area contributed by atoms with Crippen LogP contribution in [0.15, 0.2) is 6.20 Å². The summed E-state index contributed by atoms with van der Waals surface area (Å²) in [7, 11) is 0. The summed E-state index contributed by atoms with van der Waals surface area (Å²) in [5.74, 6) is 0. The molecule has 1 N–H and O–H groups in total. The molecule has 1 aliphatic heterocycles. The summed E-state index contributed by atoms with van der Waals surface area (Å²) < 4.78 is 1.96. The molecule has 1 aromatic rings. The number of hydrogen-bond acceptors (Lipinski definition) is 4. The molecule has 0 aliphatic carbocycles. The highest BCUT2D eigenvalue weighted by Crippen LogP contribution is 2.08. The third-order valence-corrected chi connectivity index (χ3v) is 3.24. The smallest absolute Gasteiger partial charge is 0.0964 e. The Balaban J connectivity index is 1.72. The molecule has 0 spiro atoms. The van der Waals surface area contributed by atoms with Crippen LogP contribution in [0.2, 0.25) is 0 Å². The third-order valence-electron chi connectivity index (χ3n) is 3.24. The quantitative estimate of drug-likeness (QED) is 0.797. The molecule has 0 aromatic carbocycles. The molecule has 2 rings (SSSR count). The van der Waals surface area contributed by atoms with Gasteiger partial charge in [0.25, 0.3) is 0 Å². The molecule has 17 heavy (non-hydrogen) atoms. The third kappa shape index (κ3) is 4.09. The van der Waals surface area contributed by atoms with Crippen molar-refractivity contribution in [2.75, 3.05) is 26.2 Å². The van der Waals surface area contributed by atoms with Gasteiger partial charge in [-0.05, 0) is 32.5 Å². The highest BCUT2D eigenvalue weighted by molar-refractivity contribution is 4.91.